The number of hydrogen-bond acceptors (Lipinski definition) is 8. The molecule has 1 aliphatic heterocycles. The molecule has 1 heterocycles. The minimum atomic E-state index is -4.10. The van der Waals surface area contributed by atoms with Crippen LogP contribution in [0.15, 0.2) is 53.4 Å². The summed E-state index contributed by atoms with van der Waals surface area (Å²) in [5.74, 6) is 0.798. The van der Waals surface area contributed by atoms with Gasteiger partial charge in [-0.3, -0.25) is 0 Å². The van der Waals surface area contributed by atoms with Crippen molar-refractivity contribution >= 4 is 16.1 Å². The average Bonchev–Trinajstić information content (AvgIpc) is 3.35. The van der Waals surface area contributed by atoms with Crippen LogP contribution in [0.3, 0.4) is 0 Å². The largest absolute Gasteiger partial charge is 0.454 e. The van der Waals surface area contributed by atoms with Crippen molar-refractivity contribution in [3.8, 4) is 11.5 Å². The maximum absolute atomic E-state index is 14.0. The Bertz CT molecular complexity index is 1240. The van der Waals surface area contributed by atoms with Crippen LogP contribution in [0.5, 0.6) is 11.5 Å². The normalized spacial score (nSPS) is 15.0. The molecule has 10 nitrogen and oxygen atoms in total. The fraction of sp³-hybridized carbons (Fsp3) is 0.567. The van der Waals surface area contributed by atoms with Gasteiger partial charge in [-0.05, 0) is 63.1 Å². The standard InChI is InChI=1S/C30H44N2O8S/c1-29(2,3)40-28(35)31-24(17-22-11-7-6-8-12-22)25(34)19-32(20-30(4,5)15-9-10-16-33)41(36,37)23-13-14-26-27(18-23)39-21-38-26/h6-8,11-14,18,24-25,33-34H,9-10,15-17,19-21H2,1-5H3,(H,31,35). The molecule has 0 bridgehead atoms. The molecule has 0 radical (unpaired) electrons. The van der Waals surface area contributed by atoms with Crippen molar-refractivity contribution in [3.63, 3.8) is 0 Å². The number of aliphatic hydroxyl groups excluding tert-OH is 2. The zero-order valence-corrected chi connectivity index (χ0v) is 25.4. The van der Waals surface area contributed by atoms with E-state index in [-0.39, 0.29) is 37.8 Å². The number of hydrogen-bond donors (Lipinski definition) is 3. The van der Waals surface area contributed by atoms with Crippen LogP contribution >= 0.6 is 0 Å². The second-order valence-electron chi connectivity index (χ2n) is 12.2. The molecule has 0 saturated heterocycles. The zero-order chi connectivity index (χ0) is 30.3. The zero-order valence-electron chi connectivity index (χ0n) is 24.6. The highest BCUT2D eigenvalue weighted by Gasteiger charge is 2.35. The number of alkyl carbamates (subject to hydrolysis) is 1. The maximum Gasteiger partial charge on any atom is 0.407 e. The van der Waals surface area contributed by atoms with Crippen molar-refractivity contribution in [2.45, 2.75) is 82.9 Å². The van der Waals surface area contributed by atoms with Crippen LogP contribution in [0, 0.1) is 5.41 Å². The van der Waals surface area contributed by atoms with Crippen LogP contribution in [0.25, 0.3) is 0 Å². The van der Waals surface area contributed by atoms with Gasteiger partial charge >= 0.3 is 6.09 Å². The summed E-state index contributed by atoms with van der Waals surface area (Å²) in [4.78, 5) is 12.7. The fourth-order valence-electron chi connectivity index (χ4n) is 4.65. The smallest absolute Gasteiger partial charge is 0.407 e. The van der Waals surface area contributed by atoms with E-state index in [4.69, 9.17) is 14.2 Å². The number of nitrogens with one attached hydrogen (secondary N) is 1. The second-order valence-corrected chi connectivity index (χ2v) is 14.1. The second kappa shape index (κ2) is 13.9. The van der Waals surface area contributed by atoms with Crippen molar-refractivity contribution in [2.24, 2.45) is 5.41 Å². The van der Waals surface area contributed by atoms with E-state index in [1.165, 1.54) is 16.4 Å². The summed E-state index contributed by atoms with van der Waals surface area (Å²) in [5.41, 5.74) is -0.354. The topological polar surface area (TPSA) is 135 Å². The van der Waals surface area contributed by atoms with Gasteiger partial charge < -0.3 is 29.7 Å². The first-order chi connectivity index (χ1) is 19.2. The molecule has 0 aromatic heterocycles. The molecule has 3 rings (SSSR count). The summed E-state index contributed by atoms with van der Waals surface area (Å²) < 4.78 is 45.5. The van der Waals surface area contributed by atoms with E-state index in [1.54, 1.807) is 26.8 Å². The Kier molecular flexibility index (Phi) is 11.0. The predicted molar refractivity (Wildman–Crippen MR) is 155 cm³/mol. The first kappa shape index (κ1) is 32.7. The van der Waals surface area contributed by atoms with E-state index >= 15 is 0 Å². The Balaban J connectivity index is 1.92. The molecule has 0 fully saturated rings. The molecular weight excluding hydrogens is 548 g/mol. The lowest BCUT2D eigenvalue weighted by atomic mass is 9.87. The van der Waals surface area contributed by atoms with Gasteiger partial charge in [-0.15, -0.1) is 0 Å². The lowest BCUT2D eigenvalue weighted by Gasteiger charge is -2.35. The number of carbonyl (C=O) groups is 1. The molecule has 2 aromatic carbocycles. The van der Waals surface area contributed by atoms with E-state index in [1.807, 2.05) is 44.2 Å². The number of unbranched alkanes of at least 4 members (excludes halogenated alkanes) is 1. The van der Waals surface area contributed by atoms with Gasteiger partial charge in [0.1, 0.15) is 5.60 Å². The van der Waals surface area contributed by atoms with Gasteiger partial charge in [0.05, 0.1) is 17.0 Å². The molecule has 228 valence electrons. The van der Waals surface area contributed by atoms with E-state index in [9.17, 15) is 23.4 Å². The van der Waals surface area contributed by atoms with Gasteiger partial charge in [0.15, 0.2) is 11.5 Å². The molecule has 11 heteroatoms. The highest BCUT2D eigenvalue weighted by Crippen LogP contribution is 2.36. The van der Waals surface area contributed by atoms with E-state index in [2.05, 4.69) is 5.32 Å². The number of aliphatic hydroxyl groups is 2. The number of sulfonamides is 1. The number of nitrogens with zero attached hydrogens (tertiary/aromatic N) is 1. The molecule has 0 spiro atoms. The molecule has 2 unspecified atom stereocenters. The lowest BCUT2D eigenvalue weighted by molar-refractivity contribution is 0.0391. The fourth-order valence-corrected chi connectivity index (χ4v) is 6.31. The van der Waals surface area contributed by atoms with Gasteiger partial charge in [0.25, 0.3) is 0 Å². The van der Waals surface area contributed by atoms with Crippen LogP contribution in [-0.4, -0.2) is 73.3 Å². The summed E-state index contributed by atoms with van der Waals surface area (Å²) >= 11 is 0. The minimum absolute atomic E-state index is 0.0106. The molecular formula is C30H44N2O8S. The minimum Gasteiger partial charge on any atom is -0.454 e. The molecule has 1 amide bonds. The number of rotatable bonds is 14. The molecule has 2 aromatic rings. The average molecular weight is 593 g/mol. The molecule has 0 saturated carbocycles. The summed E-state index contributed by atoms with van der Waals surface area (Å²) in [7, 11) is -4.10. The van der Waals surface area contributed by atoms with Crippen LogP contribution in [0.4, 0.5) is 4.79 Å². The van der Waals surface area contributed by atoms with Crippen LogP contribution < -0.4 is 14.8 Å². The van der Waals surface area contributed by atoms with Gasteiger partial charge in [-0.25, -0.2) is 13.2 Å². The number of carbonyl (C=O) groups excluding carboxylic acids is 1. The van der Waals surface area contributed by atoms with Gasteiger partial charge in [-0.1, -0.05) is 50.6 Å². The van der Waals surface area contributed by atoms with E-state index in [0.29, 0.717) is 24.3 Å². The predicted octanol–water partition coefficient (Wildman–Crippen LogP) is 4.09. The van der Waals surface area contributed by atoms with Crippen LogP contribution in [0.1, 0.15) is 59.4 Å². The molecule has 0 aliphatic carbocycles. The van der Waals surface area contributed by atoms with Crippen molar-refractivity contribution in [1.82, 2.24) is 9.62 Å². The summed E-state index contributed by atoms with van der Waals surface area (Å²) in [5, 5.41) is 23.5. The molecule has 2 atom stereocenters. The molecule has 41 heavy (non-hydrogen) atoms. The Hall–Kier alpha value is -2.86. The van der Waals surface area contributed by atoms with E-state index < -0.39 is 39.3 Å². The first-order valence-corrected chi connectivity index (χ1v) is 15.4. The van der Waals surface area contributed by atoms with Crippen molar-refractivity contribution in [2.75, 3.05) is 26.5 Å². The van der Waals surface area contributed by atoms with Crippen LogP contribution in [0.2, 0.25) is 0 Å². The highest BCUT2D eigenvalue weighted by molar-refractivity contribution is 7.89. The van der Waals surface area contributed by atoms with Crippen LogP contribution in [-0.2, 0) is 21.2 Å². The number of fused-ring (bicyclic) bond motifs is 1. The summed E-state index contributed by atoms with van der Waals surface area (Å²) in [6.07, 6.45) is 0.298. The monoisotopic (exact) mass is 592 g/mol. The third kappa shape index (κ3) is 9.88. The van der Waals surface area contributed by atoms with Crippen molar-refractivity contribution < 1.29 is 37.6 Å². The highest BCUT2D eigenvalue weighted by atomic mass is 32.2. The third-order valence-corrected chi connectivity index (χ3v) is 8.51. The summed E-state index contributed by atoms with van der Waals surface area (Å²) in [6.45, 7) is 9.06. The number of amides is 1. The van der Waals surface area contributed by atoms with Gasteiger partial charge in [0, 0.05) is 25.8 Å². The molecule has 3 N–H and O–H groups in total. The Morgan fingerprint density at radius 3 is 2.39 bits per heavy atom. The van der Waals surface area contributed by atoms with Gasteiger partial charge in [0.2, 0.25) is 16.8 Å². The SMILES string of the molecule is CC(C)(CCCCO)CN(CC(O)C(Cc1ccccc1)NC(=O)OC(C)(C)C)S(=O)(=O)c1ccc2c(c1)OCO2. The first-order valence-electron chi connectivity index (χ1n) is 13.9. The maximum atomic E-state index is 14.0. The Morgan fingerprint density at radius 2 is 1.73 bits per heavy atom. The Labute approximate surface area is 243 Å². The number of benzene rings is 2. The third-order valence-electron chi connectivity index (χ3n) is 6.70. The quantitative estimate of drug-likeness (QED) is 0.279. The van der Waals surface area contributed by atoms with Gasteiger partial charge in [-0.2, -0.15) is 4.31 Å². The Morgan fingerprint density at radius 1 is 1.05 bits per heavy atom. The van der Waals surface area contributed by atoms with Crippen molar-refractivity contribution in [3.05, 3.63) is 54.1 Å². The van der Waals surface area contributed by atoms with Crippen molar-refractivity contribution in [1.29, 1.82) is 0 Å². The van der Waals surface area contributed by atoms with E-state index in [0.717, 1.165) is 12.0 Å². The summed E-state index contributed by atoms with van der Waals surface area (Å²) in [6, 6.07) is 12.9. The lowest BCUT2D eigenvalue weighted by Crippen LogP contribution is -2.52. The molecule has 1 aliphatic rings. The number of ether oxygens (including phenoxy) is 3.